The van der Waals surface area contributed by atoms with Gasteiger partial charge in [-0.25, -0.2) is 0 Å². The molecule has 1 heterocycles. The van der Waals surface area contributed by atoms with Gasteiger partial charge in [0, 0.05) is 5.56 Å². The van der Waals surface area contributed by atoms with Crippen LogP contribution in [0.2, 0.25) is 0 Å². The minimum atomic E-state index is -0.935. The Morgan fingerprint density at radius 1 is 1.40 bits per heavy atom. The molecule has 76 valence electrons. The fraction of sp³-hybridized carbons (Fsp3) is 0.333. The Bertz CT molecular complexity index is 424. The van der Waals surface area contributed by atoms with Gasteiger partial charge in [-0.3, -0.25) is 4.79 Å². The van der Waals surface area contributed by atoms with Gasteiger partial charge in [-0.15, -0.1) is 0 Å². The molecule has 2 rings (SSSR count). The maximum Gasteiger partial charge on any atom is 0.187 e. The summed E-state index contributed by atoms with van der Waals surface area (Å²) in [5.41, 5.74) is 0.753. The van der Waals surface area contributed by atoms with Crippen molar-refractivity contribution in [2.24, 2.45) is 5.41 Å². The van der Waals surface area contributed by atoms with Crippen molar-refractivity contribution >= 4 is 5.78 Å². The van der Waals surface area contributed by atoms with Crippen LogP contribution in [0.5, 0.6) is 0 Å². The maximum absolute atomic E-state index is 12.0. The minimum Gasteiger partial charge on any atom is -0.377 e. The van der Waals surface area contributed by atoms with Crippen molar-refractivity contribution < 1.29 is 9.53 Å². The molecular weight excluding hydrogens is 190 g/mol. The van der Waals surface area contributed by atoms with E-state index in [1.54, 1.807) is 12.1 Å². The van der Waals surface area contributed by atoms with Crippen molar-refractivity contribution in [3.63, 3.8) is 0 Å². The summed E-state index contributed by atoms with van der Waals surface area (Å²) in [6.07, 6.45) is 0. The third-order valence-electron chi connectivity index (χ3n) is 2.66. The van der Waals surface area contributed by atoms with E-state index in [1.165, 1.54) is 0 Å². The zero-order valence-electron chi connectivity index (χ0n) is 8.49. The second kappa shape index (κ2) is 3.48. The molecule has 1 fully saturated rings. The van der Waals surface area contributed by atoms with E-state index in [0.717, 1.165) is 5.56 Å². The van der Waals surface area contributed by atoms with Crippen LogP contribution in [0.1, 0.15) is 15.9 Å². The van der Waals surface area contributed by atoms with Gasteiger partial charge in [0.1, 0.15) is 0 Å². The normalized spacial score (nSPS) is 17.6. The zero-order chi connectivity index (χ0) is 10.9. The molecule has 3 heteroatoms. The van der Waals surface area contributed by atoms with E-state index in [2.05, 4.69) is 6.07 Å². The number of rotatable bonds is 2. The predicted molar refractivity (Wildman–Crippen MR) is 54.4 cm³/mol. The number of benzene rings is 1. The third kappa shape index (κ3) is 1.53. The van der Waals surface area contributed by atoms with Crippen molar-refractivity contribution in [3.8, 4) is 6.07 Å². The van der Waals surface area contributed by atoms with Gasteiger partial charge in [-0.1, -0.05) is 29.8 Å². The summed E-state index contributed by atoms with van der Waals surface area (Å²) in [7, 11) is 0. The number of carbonyl (C=O) groups excluding carboxylic acids is 1. The van der Waals surface area contributed by atoms with E-state index in [1.807, 2.05) is 19.1 Å². The largest absolute Gasteiger partial charge is 0.377 e. The van der Waals surface area contributed by atoms with Crippen LogP contribution in [0, 0.1) is 23.7 Å². The van der Waals surface area contributed by atoms with Crippen LogP contribution in [0.15, 0.2) is 24.3 Å². The lowest BCUT2D eigenvalue weighted by Crippen LogP contribution is -2.47. The van der Waals surface area contributed by atoms with Crippen molar-refractivity contribution in [1.29, 1.82) is 5.26 Å². The Balaban J connectivity index is 2.29. The van der Waals surface area contributed by atoms with Gasteiger partial charge in [0.2, 0.25) is 0 Å². The van der Waals surface area contributed by atoms with E-state index in [0.29, 0.717) is 5.56 Å². The number of aryl methyl sites for hydroxylation is 1. The van der Waals surface area contributed by atoms with Crippen LogP contribution < -0.4 is 0 Å². The molecule has 0 amide bonds. The van der Waals surface area contributed by atoms with E-state index in [-0.39, 0.29) is 19.0 Å². The maximum atomic E-state index is 12.0. The van der Waals surface area contributed by atoms with Gasteiger partial charge in [0.05, 0.1) is 19.3 Å². The summed E-state index contributed by atoms with van der Waals surface area (Å²) in [6.45, 7) is 2.40. The summed E-state index contributed by atoms with van der Waals surface area (Å²) in [4.78, 5) is 12.0. The summed E-state index contributed by atoms with van der Waals surface area (Å²) < 4.78 is 4.95. The number of ether oxygens (including phenoxy) is 1. The van der Waals surface area contributed by atoms with Crippen LogP contribution in [0.3, 0.4) is 0 Å². The number of ketones is 1. The highest BCUT2D eigenvalue weighted by Gasteiger charge is 2.46. The monoisotopic (exact) mass is 201 g/mol. The molecule has 0 spiro atoms. The van der Waals surface area contributed by atoms with Crippen LogP contribution in [-0.2, 0) is 4.74 Å². The molecule has 0 bridgehead atoms. The van der Waals surface area contributed by atoms with E-state index >= 15 is 0 Å². The Morgan fingerprint density at radius 3 is 2.40 bits per heavy atom. The van der Waals surface area contributed by atoms with Crippen LogP contribution in [-0.4, -0.2) is 19.0 Å². The molecule has 1 aromatic carbocycles. The van der Waals surface area contributed by atoms with Gasteiger partial charge >= 0.3 is 0 Å². The first kappa shape index (κ1) is 9.88. The Kier molecular flexibility index (Phi) is 2.29. The molecular formula is C12H11NO2. The fourth-order valence-corrected chi connectivity index (χ4v) is 1.53. The number of carbonyl (C=O) groups is 1. The van der Waals surface area contributed by atoms with Crippen LogP contribution in [0.25, 0.3) is 0 Å². The molecule has 0 atom stereocenters. The van der Waals surface area contributed by atoms with E-state index in [9.17, 15) is 4.79 Å². The van der Waals surface area contributed by atoms with E-state index in [4.69, 9.17) is 10.00 Å². The fourth-order valence-electron chi connectivity index (χ4n) is 1.53. The average Bonchev–Trinajstić information content (AvgIpc) is 2.18. The van der Waals surface area contributed by atoms with Crippen molar-refractivity contribution in [3.05, 3.63) is 35.4 Å². The summed E-state index contributed by atoms with van der Waals surface area (Å²) in [5.74, 6) is -0.128. The molecule has 0 N–H and O–H groups in total. The first-order chi connectivity index (χ1) is 7.18. The molecule has 0 unspecified atom stereocenters. The quantitative estimate of drug-likeness (QED) is 0.684. The summed E-state index contributed by atoms with van der Waals surface area (Å²) >= 11 is 0. The van der Waals surface area contributed by atoms with Gasteiger partial charge < -0.3 is 4.74 Å². The second-order valence-electron chi connectivity index (χ2n) is 3.88. The topological polar surface area (TPSA) is 50.1 Å². The number of hydrogen-bond donors (Lipinski definition) is 0. The average molecular weight is 201 g/mol. The van der Waals surface area contributed by atoms with Crippen molar-refractivity contribution in [2.45, 2.75) is 6.92 Å². The Labute approximate surface area is 88.3 Å². The Hall–Kier alpha value is -1.66. The lowest BCUT2D eigenvalue weighted by molar-refractivity contribution is -0.0566. The van der Waals surface area contributed by atoms with Crippen molar-refractivity contribution in [1.82, 2.24) is 0 Å². The predicted octanol–water partition coefficient (Wildman–Crippen LogP) is 1.72. The molecule has 1 aliphatic rings. The smallest absolute Gasteiger partial charge is 0.187 e. The molecule has 0 radical (unpaired) electrons. The van der Waals surface area contributed by atoms with E-state index < -0.39 is 5.41 Å². The summed E-state index contributed by atoms with van der Waals surface area (Å²) in [6, 6.07) is 9.32. The highest BCUT2D eigenvalue weighted by molar-refractivity contribution is 6.03. The number of nitriles is 1. The molecule has 15 heavy (non-hydrogen) atoms. The zero-order valence-corrected chi connectivity index (χ0v) is 8.49. The number of nitrogens with zero attached hydrogens (tertiary/aromatic N) is 1. The summed E-state index contributed by atoms with van der Waals surface area (Å²) in [5, 5.41) is 8.97. The SMILES string of the molecule is Cc1ccc(C(=O)C2(C#N)COC2)cc1. The molecule has 1 aromatic rings. The lowest BCUT2D eigenvalue weighted by Gasteiger charge is -2.33. The molecule has 0 saturated carbocycles. The molecule has 0 aromatic heterocycles. The Morgan fingerprint density at radius 2 is 2.00 bits per heavy atom. The standard InChI is InChI=1S/C12H11NO2/c1-9-2-4-10(5-3-9)11(14)12(6-13)7-15-8-12/h2-5H,7-8H2,1H3. The van der Waals surface area contributed by atoms with Gasteiger partial charge in [-0.05, 0) is 6.92 Å². The molecule has 0 aliphatic carbocycles. The molecule has 3 nitrogen and oxygen atoms in total. The van der Waals surface area contributed by atoms with Crippen LogP contribution in [0.4, 0.5) is 0 Å². The van der Waals surface area contributed by atoms with Gasteiger partial charge in [0.15, 0.2) is 11.2 Å². The second-order valence-corrected chi connectivity index (χ2v) is 3.88. The highest BCUT2D eigenvalue weighted by Crippen LogP contribution is 2.30. The third-order valence-corrected chi connectivity index (χ3v) is 2.66. The number of hydrogen-bond acceptors (Lipinski definition) is 3. The van der Waals surface area contributed by atoms with Crippen molar-refractivity contribution in [2.75, 3.05) is 13.2 Å². The first-order valence-corrected chi connectivity index (χ1v) is 4.78. The minimum absolute atomic E-state index is 0.128. The van der Waals surface area contributed by atoms with Gasteiger partial charge in [-0.2, -0.15) is 5.26 Å². The molecule has 1 aliphatic heterocycles. The first-order valence-electron chi connectivity index (χ1n) is 4.78. The van der Waals surface area contributed by atoms with Gasteiger partial charge in [0.25, 0.3) is 0 Å². The number of Topliss-reactive ketones (excluding diaryl/α,β-unsaturated/α-hetero) is 1. The van der Waals surface area contributed by atoms with Crippen LogP contribution >= 0.6 is 0 Å². The lowest BCUT2D eigenvalue weighted by atomic mass is 9.80. The molecule has 1 saturated heterocycles. The highest BCUT2D eigenvalue weighted by atomic mass is 16.5.